The largest absolute Gasteiger partial charge is 0.352 e. The number of carbonyl (C=O) groups excluding carboxylic acids is 1. The van der Waals surface area contributed by atoms with Crippen LogP contribution >= 0.6 is 0 Å². The summed E-state index contributed by atoms with van der Waals surface area (Å²) in [5.41, 5.74) is 0.556. The van der Waals surface area contributed by atoms with Gasteiger partial charge in [0.2, 0.25) is 0 Å². The van der Waals surface area contributed by atoms with Crippen LogP contribution in [0.4, 0.5) is 0 Å². The van der Waals surface area contributed by atoms with Gasteiger partial charge in [0.1, 0.15) is 5.82 Å². The van der Waals surface area contributed by atoms with Crippen molar-refractivity contribution in [3.8, 4) is 0 Å². The minimum Gasteiger partial charge on any atom is -0.352 e. The van der Waals surface area contributed by atoms with Gasteiger partial charge in [0.15, 0.2) is 0 Å². The summed E-state index contributed by atoms with van der Waals surface area (Å²) in [6.07, 6.45) is 7.71. The van der Waals surface area contributed by atoms with Crippen molar-refractivity contribution in [1.82, 2.24) is 15.3 Å². The molecular weight excluding hydrogens is 202 g/mol. The van der Waals surface area contributed by atoms with Crippen molar-refractivity contribution in [3.63, 3.8) is 0 Å². The highest BCUT2D eigenvalue weighted by Gasteiger charge is 2.26. The second-order valence-electron chi connectivity index (χ2n) is 4.21. The Bertz CT molecular complexity index is 357. The van der Waals surface area contributed by atoms with E-state index in [-0.39, 0.29) is 5.91 Å². The lowest BCUT2D eigenvalue weighted by molar-refractivity contribution is 0.0952. The number of amides is 1. The maximum Gasteiger partial charge on any atom is 0.254 e. The Balaban J connectivity index is 1.90. The van der Waals surface area contributed by atoms with Gasteiger partial charge in [-0.3, -0.25) is 4.79 Å². The molecule has 0 spiro atoms. The normalized spacial score (nSPS) is 14.8. The first-order valence-electron chi connectivity index (χ1n) is 5.91. The zero-order valence-corrected chi connectivity index (χ0v) is 9.57. The molecule has 0 radical (unpaired) electrons. The lowest BCUT2D eigenvalue weighted by Crippen LogP contribution is -2.24. The molecule has 1 N–H and O–H groups in total. The van der Waals surface area contributed by atoms with E-state index in [0.29, 0.717) is 11.5 Å². The summed E-state index contributed by atoms with van der Waals surface area (Å²) in [7, 11) is 0. The van der Waals surface area contributed by atoms with Gasteiger partial charge in [0, 0.05) is 24.9 Å². The lowest BCUT2D eigenvalue weighted by Gasteiger charge is -2.03. The van der Waals surface area contributed by atoms with Crippen LogP contribution < -0.4 is 5.32 Å². The number of nitrogens with one attached hydrogen (secondary N) is 1. The van der Waals surface area contributed by atoms with E-state index in [0.717, 1.165) is 25.2 Å². The average Bonchev–Trinajstić information content (AvgIpc) is 3.13. The van der Waals surface area contributed by atoms with Crippen molar-refractivity contribution < 1.29 is 4.79 Å². The van der Waals surface area contributed by atoms with Gasteiger partial charge in [-0.1, -0.05) is 13.3 Å². The zero-order valence-electron chi connectivity index (χ0n) is 9.57. The van der Waals surface area contributed by atoms with E-state index in [1.807, 2.05) is 0 Å². The van der Waals surface area contributed by atoms with E-state index in [4.69, 9.17) is 0 Å². The molecule has 0 saturated heterocycles. The quantitative estimate of drug-likeness (QED) is 0.769. The second-order valence-corrected chi connectivity index (χ2v) is 4.21. The topological polar surface area (TPSA) is 54.9 Å². The summed E-state index contributed by atoms with van der Waals surface area (Å²) in [5, 5.41) is 2.85. The number of hydrogen-bond acceptors (Lipinski definition) is 3. The minimum absolute atomic E-state index is 0.0733. The van der Waals surface area contributed by atoms with Crippen molar-refractivity contribution in [2.45, 2.75) is 38.5 Å². The summed E-state index contributed by atoms with van der Waals surface area (Å²) in [4.78, 5) is 20.1. The molecule has 1 saturated carbocycles. The Hall–Kier alpha value is -1.45. The summed E-state index contributed by atoms with van der Waals surface area (Å²) in [5.74, 6) is 1.35. The molecular formula is C12H17N3O. The third-order valence-corrected chi connectivity index (χ3v) is 2.69. The zero-order chi connectivity index (χ0) is 11.4. The van der Waals surface area contributed by atoms with Crippen molar-refractivity contribution in [2.24, 2.45) is 0 Å². The van der Waals surface area contributed by atoms with Crippen molar-refractivity contribution in [3.05, 3.63) is 23.8 Å². The molecule has 4 nitrogen and oxygen atoms in total. The Labute approximate surface area is 95.5 Å². The minimum atomic E-state index is -0.0733. The average molecular weight is 219 g/mol. The molecule has 4 heteroatoms. The number of rotatable bonds is 5. The predicted octanol–water partition coefficient (Wildman–Crippen LogP) is 1.88. The van der Waals surface area contributed by atoms with Gasteiger partial charge in [-0.2, -0.15) is 0 Å². The van der Waals surface area contributed by atoms with Gasteiger partial charge < -0.3 is 5.32 Å². The van der Waals surface area contributed by atoms with Crippen LogP contribution in [0.25, 0.3) is 0 Å². The third kappa shape index (κ3) is 2.78. The van der Waals surface area contributed by atoms with Gasteiger partial charge in [0.25, 0.3) is 5.91 Å². The standard InChI is InChI=1S/C12H17N3O/c1-2-3-6-13-12(16)10-7-14-11(15-8-10)9-4-5-9/h7-9H,2-6H2,1H3,(H,13,16). The Morgan fingerprint density at radius 3 is 2.69 bits per heavy atom. The second kappa shape index (κ2) is 5.05. The molecule has 16 heavy (non-hydrogen) atoms. The number of carbonyl (C=O) groups is 1. The molecule has 1 aromatic rings. The van der Waals surface area contributed by atoms with Crippen LogP contribution in [0.3, 0.4) is 0 Å². The predicted molar refractivity (Wildman–Crippen MR) is 61.2 cm³/mol. The third-order valence-electron chi connectivity index (χ3n) is 2.69. The molecule has 1 fully saturated rings. The fourth-order valence-corrected chi connectivity index (χ4v) is 1.49. The van der Waals surface area contributed by atoms with Gasteiger partial charge in [-0.05, 0) is 19.3 Å². The Morgan fingerprint density at radius 1 is 1.44 bits per heavy atom. The van der Waals surface area contributed by atoms with E-state index in [1.54, 1.807) is 12.4 Å². The summed E-state index contributed by atoms with van der Waals surface area (Å²) in [6, 6.07) is 0. The van der Waals surface area contributed by atoms with Crippen molar-refractivity contribution in [1.29, 1.82) is 0 Å². The molecule has 86 valence electrons. The van der Waals surface area contributed by atoms with Crippen molar-refractivity contribution in [2.75, 3.05) is 6.54 Å². The van der Waals surface area contributed by atoms with Crippen LogP contribution in [-0.4, -0.2) is 22.4 Å². The van der Waals surface area contributed by atoms with Crippen LogP contribution in [0.2, 0.25) is 0 Å². The molecule has 0 unspecified atom stereocenters. The summed E-state index contributed by atoms with van der Waals surface area (Å²) in [6.45, 7) is 2.82. The first-order valence-corrected chi connectivity index (χ1v) is 5.91. The van der Waals surface area contributed by atoms with E-state index in [9.17, 15) is 4.79 Å². The van der Waals surface area contributed by atoms with Crippen LogP contribution in [0.1, 0.15) is 54.7 Å². The van der Waals surface area contributed by atoms with E-state index < -0.39 is 0 Å². The first-order chi connectivity index (χ1) is 7.81. The van der Waals surface area contributed by atoms with Crippen LogP contribution in [0.5, 0.6) is 0 Å². The van der Waals surface area contributed by atoms with Crippen LogP contribution in [-0.2, 0) is 0 Å². The maximum atomic E-state index is 11.6. The monoisotopic (exact) mass is 219 g/mol. The van der Waals surface area contributed by atoms with Gasteiger partial charge >= 0.3 is 0 Å². The van der Waals surface area contributed by atoms with Gasteiger partial charge in [0.05, 0.1) is 5.56 Å². The fourth-order valence-electron chi connectivity index (χ4n) is 1.49. The van der Waals surface area contributed by atoms with Crippen LogP contribution in [0, 0.1) is 0 Å². The summed E-state index contributed by atoms with van der Waals surface area (Å²) >= 11 is 0. The molecule has 0 bridgehead atoms. The Kier molecular flexibility index (Phi) is 3.49. The van der Waals surface area contributed by atoms with Crippen molar-refractivity contribution >= 4 is 5.91 Å². The molecule has 0 aliphatic heterocycles. The van der Waals surface area contributed by atoms with Gasteiger partial charge in [-0.15, -0.1) is 0 Å². The molecule has 1 heterocycles. The van der Waals surface area contributed by atoms with Gasteiger partial charge in [-0.25, -0.2) is 9.97 Å². The Morgan fingerprint density at radius 2 is 2.12 bits per heavy atom. The highest BCUT2D eigenvalue weighted by Crippen LogP contribution is 2.37. The van der Waals surface area contributed by atoms with E-state index in [1.165, 1.54) is 12.8 Å². The fraction of sp³-hybridized carbons (Fsp3) is 0.583. The highest BCUT2D eigenvalue weighted by molar-refractivity contribution is 5.93. The van der Waals surface area contributed by atoms with E-state index in [2.05, 4.69) is 22.2 Å². The maximum absolute atomic E-state index is 11.6. The molecule has 0 aromatic carbocycles. The molecule has 1 aliphatic carbocycles. The number of nitrogens with zero attached hydrogens (tertiary/aromatic N) is 2. The molecule has 1 aromatic heterocycles. The number of aromatic nitrogens is 2. The lowest BCUT2D eigenvalue weighted by atomic mass is 10.3. The molecule has 1 amide bonds. The SMILES string of the molecule is CCCCNC(=O)c1cnc(C2CC2)nc1. The molecule has 2 rings (SSSR count). The van der Waals surface area contributed by atoms with Crippen LogP contribution in [0.15, 0.2) is 12.4 Å². The molecule has 1 aliphatic rings. The summed E-state index contributed by atoms with van der Waals surface area (Å²) < 4.78 is 0. The molecule has 0 atom stereocenters. The number of hydrogen-bond donors (Lipinski definition) is 1. The van der Waals surface area contributed by atoms with E-state index >= 15 is 0 Å². The smallest absolute Gasteiger partial charge is 0.254 e. The number of unbranched alkanes of at least 4 members (excludes halogenated alkanes) is 1. The highest BCUT2D eigenvalue weighted by atomic mass is 16.1. The first kappa shape index (κ1) is 11.0.